The Morgan fingerprint density at radius 2 is 2.00 bits per heavy atom. The van der Waals surface area contributed by atoms with Crippen LogP contribution >= 0.6 is 11.3 Å². The van der Waals surface area contributed by atoms with Gasteiger partial charge in [0, 0.05) is 17.3 Å². The average Bonchev–Trinajstić information content (AvgIpc) is 3.09. The number of nitrogens with zero attached hydrogens (tertiary/aromatic N) is 3. The minimum absolute atomic E-state index is 0.812. The molecule has 0 aliphatic heterocycles. The summed E-state index contributed by atoms with van der Waals surface area (Å²) in [4.78, 5) is 14.1. The highest BCUT2D eigenvalue weighted by atomic mass is 32.1. The lowest BCUT2D eigenvalue weighted by molar-refractivity contribution is 1.22. The topological polar surface area (TPSA) is 50.7 Å². The van der Waals surface area contributed by atoms with Gasteiger partial charge in [-0.25, -0.2) is 9.97 Å². The summed E-state index contributed by atoms with van der Waals surface area (Å²) in [5.41, 5.74) is 6.12. The molecule has 0 unspecified atom stereocenters. The fourth-order valence-corrected chi connectivity index (χ4v) is 3.15. The molecule has 5 heteroatoms. The van der Waals surface area contributed by atoms with Gasteiger partial charge >= 0.3 is 0 Å². The van der Waals surface area contributed by atoms with Crippen LogP contribution in [0.1, 0.15) is 5.56 Å². The van der Waals surface area contributed by atoms with Gasteiger partial charge in [0.05, 0.1) is 15.9 Å². The SMILES string of the molecule is Cc1cccc(Nc2ncnc3ccc(-c4cncs4)cc23)c1. The van der Waals surface area contributed by atoms with E-state index >= 15 is 0 Å². The molecule has 4 nitrogen and oxygen atoms in total. The minimum Gasteiger partial charge on any atom is -0.340 e. The number of hydrogen-bond acceptors (Lipinski definition) is 5. The van der Waals surface area contributed by atoms with Crippen LogP contribution in [0, 0.1) is 6.92 Å². The quantitative estimate of drug-likeness (QED) is 0.589. The normalized spacial score (nSPS) is 10.8. The highest BCUT2D eigenvalue weighted by molar-refractivity contribution is 7.13. The van der Waals surface area contributed by atoms with E-state index in [9.17, 15) is 0 Å². The van der Waals surface area contributed by atoms with E-state index in [0.717, 1.165) is 32.8 Å². The maximum atomic E-state index is 4.42. The molecule has 0 aliphatic carbocycles. The predicted octanol–water partition coefficient (Wildman–Crippen LogP) is 4.81. The molecule has 4 rings (SSSR count). The van der Waals surface area contributed by atoms with Crippen LogP contribution in [-0.4, -0.2) is 15.0 Å². The van der Waals surface area contributed by atoms with E-state index in [4.69, 9.17) is 0 Å². The maximum absolute atomic E-state index is 4.42. The number of nitrogens with one attached hydrogen (secondary N) is 1. The van der Waals surface area contributed by atoms with Crippen molar-refractivity contribution in [2.24, 2.45) is 0 Å². The van der Waals surface area contributed by atoms with E-state index in [2.05, 4.69) is 51.5 Å². The zero-order chi connectivity index (χ0) is 15.6. The highest BCUT2D eigenvalue weighted by Crippen LogP contribution is 2.30. The number of hydrogen-bond donors (Lipinski definition) is 1. The monoisotopic (exact) mass is 318 g/mol. The number of fused-ring (bicyclic) bond motifs is 1. The van der Waals surface area contributed by atoms with Crippen molar-refractivity contribution in [1.82, 2.24) is 15.0 Å². The van der Waals surface area contributed by atoms with Crippen molar-refractivity contribution < 1.29 is 0 Å². The number of rotatable bonds is 3. The molecule has 0 radical (unpaired) electrons. The van der Waals surface area contributed by atoms with E-state index in [1.165, 1.54) is 5.56 Å². The van der Waals surface area contributed by atoms with Gasteiger partial charge in [0.1, 0.15) is 12.1 Å². The van der Waals surface area contributed by atoms with E-state index in [1.54, 1.807) is 17.7 Å². The molecule has 0 atom stereocenters. The summed E-state index contributed by atoms with van der Waals surface area (Å²) in [5.74, 6) is 0.812. The van der Waals surface area contributed by atoms with Gasteiger partial charge < -0.3 is 5.32 Å². The molecule has 112 valence electrons. The van der Waals surface area contributed by atoms with Gasteiger partial charge in [-0.1, -0.05) is 18.2 Å². The summed E-state index contributed by atoms with van der Waals surface area (Å²) in [6, 6.07) is 14.4. The summed E-state index contributed by atoms with van der Waals surface area (Å²) in [6.45, 7) is 2.07. The smallest absolute Gasteiger partial charge is 0.141 e. The van der Waals surface area contributed by atoms with Gasteiger partial charge in [0.2, 0.25) is 0 Å². The van der Waals surface area contributed by atoms with Gasteiger partial charge in [-0.3, -0.25) is 4.98 Å². The van der Waals surface area contributed by atoms with Crippen LogP contribution in [0.5, 0.6) is 0 Å². The Hall–Kier alpha value is -2.79. The summed E-state index contributed by atoms with van der Waals surface area (Å²) in [5, 5.41) is 4.40. The number of anilines is 2. The van der Waals surface area contributed by atoms with Crippen molar-refractivity contribution in [2.45, 2.75) is 6.92 Å². The first-order chi connectivity index (χ1) is 11.3. The standard InChI is InChI=1S/C18H14N4S/c1-12-3-2-4-14(7-12)22-18-15-8-13(17-9-19-11-23-17)5-6-16(15)20-10-21-18/h2-11H,1H3,(H,20,21,22). The molecule has 2 aromatic heterocycles. The van der Waals surface area contributed by atoms with Crippen LogP contribution in [0.2, 0.25) is 0 Å². The fourth-order valence-electron chi connectivity index (χ4n) is 2.53. The summed E-state index contributed by atoms with van der Waals surface area (Å²) < 4.78 is 0. The molecule has 0 saturated heterocycles. The van der Waals surface area contributed by atoms with E-state index in [1.807, 2.05) is 29.9 Å². The third-order valence-electron chi connectivity index (χ3n) is 3.63. The molecular weight excluding hydrogens is 304 g/mol. The minimum atomic E-state index is 0.812. The van der Waals surface area contributed by atoms with Crippen LogP contribution in [0.25, 0.3) is 21.3 Å². The first-order valence-electron chi connectivity index (χ1n) is 7.27. The number of thiazole rings is 1. The number of aromatic nitrogens is 3. The van der Waals surface area contributed by atoms with Crippen molar-refractivity contribution in [1.29, 1.82) is 0 Å². The molecular formula is C18H14N4S. The van der Waals surface area contributed by atoms with Crippen molar-refractivity contribution in [3.63, 3.8) is 0 Å². The first-order valence-corrected chi connectivity index (χ1v) is 8.15. The summed E-state index contributed by atoms with van der Waals surface area (Å²) in [7, 11) is 0. The lowest BCUT2D eigenvalue weighted by Crippen LogP contribution is -1.96. The van der Waals surface area contributed by atoms with E-state index in [0.29, 0.717) is 0 Å². The van der Waals surface area contributed by atoms with Gasteiger partial charge in [-0.2, -0.15) is 0 Å². The van der Waals surface area contributed by atoms with Gasteiger partial charge in [0.25, 0.3) is 0 Å². The second-order valence-electron chi connectivity index (χ2n) is 5.31. The average molecular weight is 318 g/mol. The van der Waals surface area contributed by atoms with Gasteiger partial charge in [-0.05, 0) is 42.3 Å². The van der Waals surface area contributed by atoms with Crippen LogP contribution in [0.15, 0.2) is 60.5 Å². The fraction of sp³-hybridized carbons (Fsp3) is 0.0556. The largest absolute Gasteiger partial charge is 0.340 e. The van der Waals surface area contributed by atoms with Crippen molar-refractivity contribution in [2.75, 3.05) is 5.32 Å². The predicted molar refractivity (Wildman–Crippen MR) is 95.1 cm³/mol. The molecule has 0 bridgehead atoms. The molecule has 0 spiro atoms. The van der Waals surface area contributed by atoms with Crippen LogP contribution in [0.4, 0.5) is 11.5 Å². The third-order valence-corrected chi connectivity index (χ3v) is 4.46. The molecule has 2 aromatic carbocycles. The van der Waals surface area contributed by atoms with Crippen molar-refractivity contribution >= 4 is 33.7 Å². The highest BCUT2D eigenvalue weighted by Gasteiger charge is 2.07. The molecule has 4 aromatic rings. The summed E-state index contributed by atoms with van der Waals surface area (Å²) in [6.07, 6.45) is 3.47. The zero-order valence-corrected chi connectivity index (χ0v) is 13.3. The van der Waals surface area contributed by atoms with Gasteiger partial charge in [-0.15, -0.1) is 11.3 Å². The van der Waals surface area contributed by atoms with Crippen molar-refractivity contribution in [3.05, 3.63) is 66.1 Å². The molecule has 23 heavy (non-hydrogen) atoms. The lowest BCUT2D eigenvalue weighted by atomic mass is 10.1. The summed E-state index contributed by atoms with van der Waals surface area (Å²) >= 11 is 1.62. The third kappa shape index (κ3) is 2.78. The van der Waals surface area contributed by atoms with Crippen LogP contribution < -0.4 is 5.32 Å². The first kappa shape index (κ1) is 13.8. The molecule has 2 heterocycles. The lowest BCUT2D eigenvalue weighted by Gasteiger charge is -2.09. The Morgan fingerprint density at radius 1 is 1.04 bits per heavy atom. The maximum Gasteiger partial charge on any atom is 0.141 e. The van der Waals surface area contributed by atoms with E-state index < -0.39 is 0 Å². The number of aryl methyl sites for hydroxylation is 1. The second-order valence-corrected chi connectivity index (χ2v) is 6.20. The Kier molecular flexibility index (Phi) is 3.48. The molecule has 0 amide bonds. The Bertz CT molecular complexity index is 964. The Morgan fingerprint density at radius 3 is 2.83 bits per heavy atom. The Balaban J connectivity index is 1.81. The second kappa shape index (κ2) is 5.78. The number of benzene rings is 2. The molecule has 0 aliphatic rings. The zero-order valence-electron chi connectivity index (χ0n) is 12.5. The molecule has 0 fully saturated rings. The molecule has 1 N–H and O–H groups in total. The van der Waals surface area contributed by atoms with Gasteiger partial charge in [0.15, 0.2) is 0 Å². The van der Waals surface area contributed by atoms with Crippen molar-refractivity contribution in [3.8, 4) is 10.4 Å². The van der Waals surface area contributed by atoms with Crippen LogP contribution in [-0.2, 0) is 0 Å². The van der Waals surface area contributed by atoms with Crippen LogP contribution in [0.3, 0.4) is 0 Å². The van der Waals surface area contributed by atoms with E-state index in [-0.39, 0.29) is 0 Å². The Labute approximate surface area is 137 Å². The molecule has 0 saturated carbocycles.